The summed E-state index contributed by atoms with van der Waals surface area (Å²) in [5.74, 6) is 0.0542. The molecule has 0 bridgehead atoms. The fourth-order valence-corrected chi connectivity index (χ4v) is 2.28. The zero-order valence-corrected chi connectivity index (χ0v) is 10.5. The molecule has 0 N–H and O–H groups in total. The Balaban J connectivity index is 3.27. The van der Waals surface area contributed by atoms with Gasteiger partial charge in [0.2, 0.25) is 5.91 Å². The van der Waals surface area contributed by atoms with Gasteiger partial charge in [-0.05, 0) is 37.1 Å². The van der Waals surface area contributed by atoms with Gasteiger partial charge < -0.3 is 4.90 Å². The summed E-state index contributed by atoms with van der Waals surface area (Å²) in [6, 6.07) is 4.03. The molecule has 14 heavy (non-hydrogen) atoms. The van der Waals surface area contributed by atoms with Crippen LogP contribution in [-0.4, -0.2) is 13.0 Å². The number of hydrogen-bond acceptors (Lipinski definition) is 1. The minimum atomic E-state index is 0.0542. The van der Waals surface area contributed by atoms with Crippen molar-refractivity contribution in [1.82, 2.24) is 0 Å². The topological polar surface area (TPSA) is 20.3 Å². The van der Waals surface area contributed by atoms with Crippen LogP contribution in [-0.2, 0) is 4.79 Å². The molecular formula is C11H14BrNO. The Morgan fingerprint density at radius 1 is 1.29 bits per heavy atom. The number of carbonyl (C=O) groups excluding carboxylic acids is 1. The molecule has 0 aliphatic carbocycles. The van der Waals surface area contributed by atoms with E-state index in [0.29, 0.717) is 0 Å². The van der Waals surface area contributed by atoms with Crippen LogP contribution in [0.4, 0.5) is 5.69 Å². The van der Waals surface area contributed by atoms with Gasteiger partial charge in [0.15, 0.2) is 0 Å². The Bertz CT molecular complexity index is 351. The van der Waals surface area contributed by atoms with Crippen molar-refractivity contribution in [3.8, 4) is 0 Å². The van der Waals surface area contributed by atoms with Gasteiger partial charge in [0.05, 0.1) is 0 Å². The summed E-state index contributed by atoms with van der Waals surface area (Å²) in [4.78, 5) is 12.9. The number of halogens is 1. The predicted octanol–water partition coefficient (Wildman–Crippen LogP) is 3.05. The third kappa shape index (κ3) is 2.15. The third-order valence-electron chi connectivity index (χ3n) is 2.26. The molecular weight excluding hydrogens is 242 g/mol. The highest BCUT2D eigenvalue weighted by Gasteiger charge is 2.11. The standard InChI is InChI=1S/C11H14BrNO/c1-7-5-10(12)6-8(2)11(7)13(4)9(3)14/h5-6H,1-4H3. The minimum absolute atomic E-state index is 0.0542. The molecule has 0 saturated heterocycles. The second-order valence-electron chi connectivity index (χ2n) is 3.47. The van der Waals surface area contributed by atoms with Gasteiger partial charge in [-0.1, -0.05) is 15.9 Å². The number of nitrogens with zero attached hydrogens (tertiary/aromatic N) is 1. The first-order valence-corrected chi connectivity index (χ1v) is 5.24. The molecule has 1 amide bonds. The molecule has 0 aliphatic heterocycles. The van der Waals surface area contributed by atoms with Crippen molar-refractivity contribution in [1.29, 1.82) is 0 Å². The third-order valence-corrected chi connectivity index (χ3v) is 2.72. The summed E-state index contributed by atoms with van der Waals surface area (Å²) in [7, 11) is 1.80. The molecule has 1 rings (SSSR count). The van der Waals surface area contributed by atoms with Crippen LogP contribution < -0.4 is 4.90 Å². The molecule has 0 unspecified atom stereocenters. The lowest BCUT2D eigenvalue weighted by atomic mass is 10.1. The fourth-order valence-electron chi connectivity index (χ4n) is 1.59. The maximum Gasteiger partial charge on any atom is 0.223 e. The Morgan fingerprint density at radius 3 is 2.07 bits per heavy atom. The summed E-state index contributed by atoms with van der Waals surface area (Å²) in [5, 5.41) is 0. The number of rotatable bonds is 1. The van der Waals surface area contributed by atoms with Crippen LogP contribution in [0.15, 0.2) is 16.6 Å². The van der Waals surface area contributed by atoms with Crippen LogP contribution in [0.1, 0.15) is 18.1 Å². The molecule has 0 fully saturated rings. The second kappa shape index (κ2) is 4.13. The van der Waals surface area contributed by atoms with Crippen LogP contribution in [0, 0.1) is 13.8 Å². The van der Waals surface area contributed by atoms with E-state index in [4.69, 9.17) is 0 Å². The van der Waals surface area contributed by atoms with Crippen molar-refractivity contribution in [2.45, 2.75) is 20.8 Å². The van der Waals surface area contributed by atoms with Crippen molar-refractivity contribution in [3.05, 3.63) is 27.7 Å². The smallest absolute Gasteiger partial charge is 0.223 e. The number of hydrogen-bond donors (Lipinski definition) is 0. The van der Waals surface area contributed by atoms with Crippen molar-refractivity contribution < 1.29 is 4.79 Å². The van der Waals surface area contributed by atoms with Gasteiger partial charge in [-0.2, -0.15) is 0 Å². The van der Waals surface area contributed by atoms with Gasteiger partial charge in [0.25, 0.3) is 0 Å². The maximum absolute atomic E-state index is 11.2. The Kier molecular flexibility index (Phi) is 3.32. The molecule has 0 saturated carbocycles. The average molecular weight is 256 g/mol. The number of carbonyl (C=O) groups is 1. The first-order valence-electron chi connectivity index (χ1n) is 4.44. The highest BCUT2D eigenvalue weighted by atomic mass is 79.9. The van der Waals surface area contributed by atoms with E-state index in [9.17, 15) is 4.79 Å². The normalized spacial score (nSPS) is 10.1. The van der Waals surface area contributed by atoms with Crippen LogP contribution in [0.25, 0.3) is 0 Å². The molecule has 0 atom stereocenters. The first kappa shape index (κ1) is 11.2. The van der Waals surface area contributed by atoms with E-state index in [1.807, 2.05) is 26.0 Å². The molecule has 76 valence electrons. The SMILES string of the molecule is CC(=O)N(C)c1c(C)cc(Br)cc1C. The quantitative estimate of drug-likeness (QED) is 0.756. The molecule has 0 heterocycles. The monoisotopic (exact) mass is 255 g/mol. The van der Waals surface area contributed by atoms with Gasteiger partial charge >= 0.3 is 0 Å². The zero-order valence-electron chi connectivity index (χ0n) is 8.89. The lowest BCUT2D eigenvalue weighted by Crippen LogP contribution is -2.24. The van der Waals surface area contributed by atoms with E-state index in [1.54, 1.807) is 18.9 Å². The molecule has 1 aromatic rings. The summed E-state index contributed by atoms with van der Waals surface area (Å²) in [5.41, 5.74) is 3.21. The van der Waals surface area contributed by atoms with Gasteiger partial charge in [-0.3, -0.25) is 4.79 Å². The number of amides is 1. The molecule has 0 aliphatic rings. The van der Waals surface area contributed by atoms with Crippen LogP contribution in [0.2, 0.25) is 0 Å². The predicted molar refractivity (Wildman–Crippen MR) is 62.7 cm³/mol. The van der Waals surface area contributed by atoms with Crippen LogP contribution >= 0.6 is 15.9 Å². The lowest BCUT2D eigenvalue weighted by molar-refractivity contribution is -0.116. The van der Waals surface area contributed by atoms with Gasteiger partial charge in [0, 0.05) is 24.1 Å². The molecule has 0 spiro atoms. The van der Waals surface area contributed by atoms with Crippen molar-refractivity contribution >= 4 is 27.5 Å². The van der Waals surface area contributed by atoms with Gasteiger partial charge in [0.1, 0.15) is 0 Å². The van der Waals surface area contributed by atoms with Gasteiger partial charge in [-0.15, -0.1) is 0 Å². The Morgan fingerprint density at radius 2 is 1.71 bits per heavy atom. The lowest BCUT2D eigenvalue weighted by Gasteiger charge is -2.20. The Labute approximate surface area is 93.0 Å². The van der Waals surface area contributed by atoms with E-state index in [-0.39, 0.29) is 5.91 Å². The van der Waals surface area contributed by atoms with E-state index in [0.717, 1.165) is 21.3 Å². The fraction of sp³-hybridized carbons (Fsp3) is 0.364. The van der Waals surface area contributed by atoms with Crippen molar-refractivity contribution in [2.75, 3.05) is 11.9 Å². The minimum Gasteiger partial charge on any atom is -0.315 e. The zero-order chi connectivity index (χ0) is 10.9. The van der Waals surface area contributed by atoms with Gasteiger partial charge in [-0.25, -0.2) is 0 Å². The molecule has 0 aromatic heterocycles. The summed E-state index contributed by atoms with van der Waals surface area (Å²) in [6.45, 7) is 5.58. The Hall–Kier alpha value is -0.830. The first-order chi connectivity index (χ1) is 6.43. The van der Waals surface area contributed by atoms with E-state index in [1.165, 1.54) is 0 Å². The average Bonchev–Trinajstić information content (AvgIpc) is 2.01. The summed E-state index contributed by atoms with van der Waals surface area (Å²) in [6.07, 6.45) is 0. The molecule has 2 nitrogen and oxygen atoms in total. The largest absolute Gasteiger partial charge is 0.315 e. The van der Waals surface area contributed by atoms with Crippen molar-refractivity contribution in [2.24, 2.45) is 0 Å². The van der Waals surface area contributed by atoms with Crippen LogP contribution in [0.3, 0.4) is 0 Å². The highest BCUT2D eigenvalue weighted by molar-refractivity contribution is 9.10. The number of aryl methyl sites for hydroxylation is 2. The second-order valence-corrected chi connectivity index (χ2v) is 4.38. The van der Waals surface area contributed by atoms with E-state index in [2.05, 4.69) is 15.9 Å². The maximum atomic E-state index is 11.2. The summed E-state index contributed by atoms with van der Waals surface area (Å²) < 4.78 is 1.05. The number of benzene rings is 1. The van der Waals surface area contributed by atoms with Crippen molar-refractivity contribution in [3.63, 3.8) is 0 Å². The number of anilines is 1. The van der Waals surface area contributed by atoms with E-state index >= 15 is 0 Å². The highest BCUT2D eigenvalue weighted by Crippen LogP contribution is 2.27. The molecule has 3 heteroatoms. The molecule has 1 aromatic carbocycles. The van der Waals surface area contributed by atoms with E-state index < -0.39 is 0 Å². The van der Waals surface area contributed by atoms with Crippen LogP contribution in [0.5, 0.6) is 0 Å². The summed E-state index contributed by atoms with van der Waals surface area (Å²) >= 11 is 3.43. The molecule has 0 radical (unpaired) electrons.